The summed E-state index contributed by atoms with van der Waals surface area (Å²) in [6.07, 6.45) is -1.80. The van der Waals surface area contributed by atoms with Gasteiger partial charge in [-0.3, -0.25) is 0 Å². The van der Waals surface area contributed by atoms with Crippen molar-refractivity contribution in [2.75, 3.05) is 26.7 Å². The third-order valence-corrected chi connectivity index (χ3v) is 2.98. The summed E-state index contributed by atoms with van der Waals surface area (Å²) in [4.78, 5) is 1.89. The molecule has 0 saturated carbocycles. The summed E-state index contributed by atoms with van der Waals surface area (Å²) in [5.74, 6) is 0. The number of aliphatic hydroxyl groups excluding tert-OH is 4. The molecule has 0 aliphatic heterocycles. The highest BCUT2D eigenvalue weighted by atomic mass is 16.4. The molecule has 0 radical (unpaired) electrons. The zero-order valence-electron chi connectivity index (χ0n) is 11.4. The first-order chi connectivity index (χ1) is 8.40. The van der Waals surface area contributed by atoms with E-state index in [9.17, 15) is 15.3 Å². The van der Waals surface area contributed by atoms with Gasteiger partial charge in [0.05, 0.1) is 12.2 Å². The first kappa shape index (κ1) is 17.8. The summed E-state index contributed by atoms with van der Waals surface area (Å²) in [5.41, 5.74) is 5.39. The van der Waals surface area contributed by atoms with Gasteiger partial charge in [-0.25, -0.2) is 0 Å². The fourth-order valence-corrected chi connectivity index (χ4v) is 1.73. The maximum absolute atomic E-state index is 9.73. The normalized spacial score (nSPS) is 18.7. The predicted molar refractivity (Wildman–Crippen MR) is 70.1 cm³/mol. The lowest BCUT2D eigenvalue weighted by molar-refractivity contribution is -0.104. The van der Waals surface area contributed by atoms with E-state index in [0.29, 0.717) is 6.54 Å². The molecule has 0 saturated heterocycles. The van der Waals surface area contributed by atoms with Crippen LogP contribution in [0.1, 0.15) is 26.2 Å². The first-order valence-electron chi connectivity index (χ1n) is 6.51. The number of hydrogen-bond donors (Lipinski definition) is 5. The highest BCUT2D eigenvalue weighted by molar-refractivity contribution is 4.80. The van der Waals surface area contributed by atoms with Crippen molar-refractivity contribution >= 4 is 0 Å². The molecule has 0 aromatic carbocycles. The van der Waals surface area contributed by atoms with Gasteiger partial charge in [0.1, 0.15) is 12.2 Å². The van der Waals surface area contributed by atoms with Crippen molar-refractivity contribution in [3.05, 3.63) is 0 Å². The summed E-state index contributed by atoms with van der Waals surface area (Å²) < 4.78 is 0. The molecular weight excluding hydrogens is 236 g/mol. The Balaban J connectivity index is 3.87. The van der Waals surface area contributed by atoms with Gasteiger partial charge in [0.2, 0.25) is 0 Å². The van der Waals surface area contributed by atoms with E-state index in [1.165, 1.54) is 6.92 Å². The van der Waals surface area contributed by atoms with Crippen LogP contribution >= 0.6 is 0 Å². The van der Waals surface area contributed by atoms with Gasteiger partial charge in [-0.1, -0.05) is 6.42 Å². The molecule has 0 aliphatic rings. The van der Waals surface area contributed by atoms with E-state index in [2.05, 4.69) is 0 Å². The number of aliphatic hydroxyl groups is 4. The number of nitrogens with zero attached hydrogens (tertiary/aromatic N) is 1. The molecule has 110 valence electrons. The van der Waals surface area contributed by atoms with Crippen LogP contribution in [0.15, 0.2) is 0 Å². The van der Waals surface area contributed by atoms with Gasteiger partial charge in [-0.2, -0.15) is 0 Å². The molecule has 0 heterocycles. The maximum Gasteiger partial charge on any atom is 0.109 e. The Kier molecular flexibility index (Phi) is 9.53. The van der Waals surface area contributed by atoms with Gasteiger partial charge in [0, 0.05) is 6.54 Å². The smallest absolute Gasteiger partial charge is 0.109 e. The van der Waals surface area contributed by atoms with Crippen molar-refractivity contribution in [3.8, 4) is 0 Å². The molecular formula is C12H28N2O4. The van der Waals surface area contributed by atoms with Crippen LogP contribution in [-0.2, 0) is 0 Å². The second-order valence-corrected chi connectivity index (χ2v) is 4.90. The lowest BCUT2D eigenvalue weighted by atomic mass is 10.0. The van der Waals surface area contributed by atoms with E-state index in [4.69, 9.17) is 10.8 Å². The zero-order valence-corrected chi connectivity index (χ0v) is 11.4. The molecule has 0 spiro atoms. The summed E-state index contributed by atoms with van der Waals surface area (Å²) in [7, 11) is 1.84. The Morgan fingerprint density at radius 3 is 2.11 bits per heavy atom. The highest BCUT2D eigenvalue weighted by Crippen LogP contribution is 2.06. The molecule has 0 fully saturated rings. The van der Waals surface area contributed by atoms with Crippen LogP contribution in [0, 0.1) is 0 Å². The summed E-state index contributed by atoms with van der Waals surface area (Å²) >= 11 is 0. The average Bonchev–Trinajstić information content (AvgIpc) is 2.32. The van der Waals surface area contributed by atoms with E-state index < -0.39 is 24.4 Å². The topological polar surface area (TPSA) is 110 Å². The minimum absolute atomic E-state index is 0.258. The molecule has 0 bridgehead atoms. The molecule has 0 amide bonds. The van der Waals surface area contributed by atoms with Crippen LogP contribution in [0.2, 0.25) is 0 Å². The third-order valence-electron chi connectivity index (χ3n) is 2.98. The Morgan fingerprint density at radius 1 is 1.00 bits per heavy atom. The van der Waals surface area contributed by atoms with Crippen molar-refractivity contribution < 1.29 is 20.4 Å². The standard InChI is InChI=1S/C12H28N2O4/c1-9(15)11(17)12(18)10(16)8-14(2)7-5-3-4-6-13/h9-12,15-18H,3-8,13H2,1-2H3/t9-,10?,11-,12-/m1/s1. The van der Waals surface area contributed by atoms with E-state index in [1.54, 1.807) is 0 Å². The second kappa shape index (κ2) is 9.66. The van der Waals surface area contributed by atoms with Gasteiger partial charge >= 0.3 is 0 Å². The summed E-state index contributed by atoms with van der Waals surface area (Å²) in [6.45, 7) is 3.12. The Bertz CT molecular complexity index is 205. The fraction of sp³-hybridized carbons (Fsp3) is 1.00. The van der Waals surface area contributed by atoms with Gasteiger partial charge in [-0.15, -0.1) is 0 Å². The third kappa shape index (κ3) is 7.25. The summed E-state index contributed by atoms with van der Waals surface area (Å²) in [5, 5.41) is 37.9. The number of unbranched alkanes of at least 4 members (excludes halogenated alkanes) is 2. The van der Waals surface area contributed by atoms with E-state index in [1.807, 2.05) is 11.9 Å². The number of rotatable bonds is 10. The molecule has 4 atom stereocenters. The lowest BCUT2D eigenvalue weighted by Crippen LogP contribution is -2.47. The summed E-state index contributed by atoms with van der Waals surface area (Å²) in [6, 6.07) is 0. The molecule has 18 heavy (non-hydrogen) atoms. The first-order valence-corrected chi connectivity index (χ1v) is 6.51. The average molecular weight is 264 g/mol. The lowest BCUT2D eigenvalue weighted by Gasteiger charge is -2.28. The van der Waals surface area contributed by atoms with E-state index in [0.717, 1.165) is 25.8 Å². The number of hydrogen-bond acceptors (Lipinski definition) is 6. The fourth-order valence-electron chi connectivity index (χ4n) is 1.73. The maximum atomic E-state index is 9.73. The van der Waals surface area contributed by atoms with Crippen molar-refractivity contribution in [1.82, 2.24) is 4.90 Å². The molecule has 0 aromatic rings. The van der Waals surface area contributed by atoms with Crippen LogP contribution in [0.4, 0.5) is 0 Å². The van der Waals surface area contributed by atoms with Crippen LogP contribution < -0.4 is 5.73 Å². The van der Waals surface area contributed by atoms with Gasteiger partial charge < -0.3 is 31.1 Å². The highest BCUT2D eigenvalue weighted by Gasteiger charge is 2.28. The molecule has 0 aliphatic carbocycles. The van der Waals surface area contributed by atoms with Crippen LogP contribution in [0.25, 0.3) is 0 Å². The molecule has 0 rings (SSSR count). The van der Waals surface area contributed by atoms with E-state index in [-0.39, 0.29) is 6.54 Å². The van der Waals surface area contributed by atoms with Gasteiger partial charge in [0.25, 0.3) is 0 Å². The molecule has 6 N–H and O–H groups in total. The minimum atomic E-state index is -1.34. The molecule has 6 heteroatoms. The largest absolute Gasteiger partial charge is 0.391 e. The Morgan fingerprint density at radius 2 is 1.61 bits per heavy atom. The monoisotopic (exact) mass is 264 g/mol. The Hall–Kier alpha value is -0.240. The van der Waals surface area contributed by atoms with Crippen LogP contribution in [0.5, 0.6) is 0 Å². The predicted octanol–water partition coefficient (Wildman–Crippen LogP) is -1.49. The Labute approximate surface area is 109 Å². The van der Waals surface area contributed by atoms with Gasteiger partial charge in [-0.05, 0) is 39.9 Å². The SMILES string of the molecule is C[C@@H](O)[C@@H](O)[C@H](O)C(O)CN(C)CCCCCN. The van der Waals surface area contributed by atoms with Crippen LogP contribution in [0.3, 0.4) is 0 Å². The van der Waals surface area contributed by atoms with Crippen LogP contribution in [-0.4, -0.2) is 76.4 Å². The second-order valence-electron chi connectivity index (χ2n) is 4.90. The van der Waals surface area contributed by atoms with Crippen molar-refractivity contribution in [2.45, 2.75) is 50.6 Å². The van der Waals surface area contributed by atoms with E-state index >= 15 is 0 Å². The number of likely N-dealkylation sites (N-methyl/N-ethyl adjacent to an activating group) is 1. The van der Waals surface area contributed by atoms with Gasteiger partial charge in [0.15, 0.2) is 0 Å². The van der Waals surface area contributed by atoms with Crippen molar-refractivity contribution in [3.63, 3.8) is 0 Å². The quantitative estimate of drug-likeness (QED) is 0.308. The zero-order chi connectivity index (χ0) is 14.1. The minimum Gasteiger partial charge on any atom is -0.391 e. The molecule has 0 aromatic heterocycles. The number of nitrogens with two attached hydrogens (primary N) is 1. The van der Waals surface area contributed by atoms with Crippen molar-refractivity contribution in [1.29, 1.82) is 0 Å². The van der Waals surface area contributed by atoms with Crippen molar-refractivity contribution in [2.24, 2.45) is 5.73 Å². The molecule has 6 nitrogen and oxygen atoms in total. The molecule has 1 unspecified atom stereocenters.